The van der Waals surface area contributed by atoms with Gasteiger partial charge in [0.05, 0.1) is 11.4 Å². The Bertz CT molecular complexity index is 750. The zero-order valence-corrected chi connectivity index (χ0v) is 18.6. The first-order valence-corrected chi connectivity index (χ1v) is 10.0. The number of halogens is 2. The molecule has 0 aliphatic rings. The number of amides is 1. The number of aryl methyl sites for hydroxylation is 2. The predicted molar refractivity (Wildman–Crippen MR) is 74.3 cm³/mol. The number of primary amides is 1. The molecule has 0 aliphatic heterocycles. The number of rotatable bonds is 5. The number of pyridine rings is 2. The second-order valence-electron chi connectivity index (χ2n) is 5.34. The molecule has 2 rings (SSSR count). The molecule has 2 aromatic rings. The molecule has 0 radical (unpaired) electrons. The van der Waals surface area contributed by atoms with Crippen LogP contribution in [-0.2, 0) is 30.7 Å². The Balaban J connectivity index is 0. The van der Waals surface area contributed by atoms with E-state index in [1.807, 2.05) is 31.2 Å². The molecule has 12 nitrogen and oxygen atoms in total. The Labute approximate surface area is 188 Å². The number of carbonyl (C=O) groups excluding carboxylic acids is 1. The molecule has 2 heterocycles. The Morgan fingerprint density at radius 1 is 0.900 bits per heavy atom. The van der Waals surface area contributed by atoms with Crippen molar-refractivity contribution in [3.63, 3.8) is 0 Å². The maximum absolute atomic E-state index is 10.7. The quantitative estimate of drug-likeness (QED) is 0.339. The summed E-state index contributed by atoms with van der Waals surface area (Å²) in [5.74, 6) is -0.255. The minimum absolute atomic E-state index is 0. The molecule has 0 unspecified atom stereocenters. The van der Waals surface area contributed by atoms with Crippen molar-refractivity contribution in [2.75, 3.05) is 0 Å². The number of hydrogen-bond donors (Lipinski definition) is 1. The molecular weight excluding hydrogens is 538 g/mol. The van der Waals surface area contributed by atoms with Crippen LogP contribution in [0.5, 0.6) is 0 Å². The van der Waals surface area contributed by atoms with Gasteiger partial charge in [0, 0.05) is 18.8 Å². The van der Waals surface area contributed by atoms with E-state index >= 15 is 0 Å². The SMILES string of the molecule is Cc1ccnc(-c2cc(CCCC(N)=O)ccn2)c1.[O-][Cl+3]([O-])([O-])[O-].[O-][Cl+3]([O-])([O-])[O-].[Ru+2]. The van der Waals surface area contributed by atoms with Gasteiger partial charge in [-0.15, -0.1) is 20.5 Å². The molecule has 0 saturated heterocycles. The van der Waals surface area contributed by atoms with Crippen molar-refractivity contribution < 1.29 is 82.0 Å². The maximum Gasteiger partial charge on any atom is 2.00 e. The molecule has 0 spiro atoms. The molecule has 168 valence electrons. The van der Waals surface area contributed by atoms with Crippen LogP contribution < -0.4 is 43.0 Å². The van der Waals surface area contributed by atoms with Gasteiger partial charge in [-0.1, -0.05) is 0 Å². The van der Waals surface area contributed by atoms with Crippen molar-refractivity contribution in [2.24, 2.45) is 5.73 Å². The van der Waals surface area contributed by atoms with Crippen molar-refractivity contribution in [3.05, 3.63) is 47.8 Å². The monoisotopic (exact) mass is 555 g/mol. The number of carbonyl (C=O) groups is 1. The normalized spacial score (nSPS) is 10.6. The second kappa shape index (κ2) is 14.6. The Hall–Kier alpha value is -1.35. The van der Waals surface area contributed by atoms with Gasteiger partial charge in [-0.3, -0.25) is 14.8 Å². The van der Waals surface area contributed by atoms with Crippen LogP contribution in [-0.4, -0.2) is 15.9 Å². The molecule has 0 bridgehead atoms. The van der Waals surface area contributed by atoms with E-state index in [0.29, 0.717) is 6.42 Å². The Kier molecular flexibility index (Phi) is 15.0. The van der Waals surface area contributed by atoms with Gasteiger partial charge in [-0.25, -0.2) is 37.3 Å². The van der Waals surface area contributed by atoms with Gasteiger partial charge in [0.2, 0.25) is 5.91 Å². The maximum atomic E-state index is 10.7. The van der Waals surface area contributed by atoms with Crippen molar-refractivity contribution in [2.45, 2.75) is 26.2 Å². The van der Waals surface area contributed by atoms with Crippen molar-refractivity contribution in [1.82, 2.24) is 9.97 Å². The average Bonchev–Trinajstić information content (AvgIpc) is 2.52. The van der Waals surface area contributed by atoms with Gasteiger partial charge >= 0.3 is 19.5 Å². The van der Waals surface area contributed by atoms with E-state index in [4.69, 9.17) is 43.0 Å². The van der Waals surface area contributed by atoms with Crippen LogP contribution >= 0.6 is 0 Å². The van der Waals surface area contributed by atoms with Crippen LogP contribution in [0.25, 0.3) is 11.4 Å². The first kappa shape index (κ1) is 30.8. The van der Waals surface area contributed by atoms with Gasteiger partial charge in [-0.05, 0) is 55.2 Å². The third-order valence-electron chi connectivity index (χ3n) is 2.89. The summed E-state index contributed by atoms with van der Waals surface area (Å²) in [5.41, 5.74) is 9.17. The molecule has 0 fully saturated rings. The Morgan fingerprint density at radius 2 is 1.33 bits per heavy atom. The zero-order chi connectivity index (χ0) is 22.7. The van der Waals surface area contributed by atoms with Crippen LogP contribution in [0, 0.1) is 27.4 Å². The summed E-state index contributed by atoms with van der Waals surface area (Å²) in [7, 11) is -9.89. The van der Waals surface area contributed by atoms with E-state index in [0.717, 1.165) is 35.4 Å². The molecule has 0 aliphatic carbocycles. The van der Waals surface area contributed by atoms with Crippen LogP contribution in [0.4, 0.5) is 0 Å². The summed E-state index contributed by atoms with van der Waals surface area (Å²) < 4.78 is 67.9. The molecule has 2 aromatic heterocycles. The molecule has 0 saturated carbocycles. The van der Waals surface area contributed by atoms with Crippen molar-refractivity contribution in [1.29, 1.82) is 0 Å². The van der Waals surface area contributed by atoms with E-state index < -0.39 is 20.5 Å². The smallest absolute Gasteiger partial charge is 0.370 e. The van der Waals surface area contributed by atoms with Gasteiger partial charge in [0.1, 0.15) is 0 Å². The van der Waals surface area contributed by atoms with Crippen LogP contribution in [0.2, 0.25) is 0 Å². The first-order valence-electron chi connectivity index (χ1n) is 7.55. The van der Waals surface area contributed by atoms with Gasteiger partial charge in [-0.2, -0.15) is 0 Å². The summed E-state index contributed by atoms with van der Waals surface area (Å²) in [6.07, 6.45) is 5.57. The molecule has 1 amide bonds. The fourth-order valence-electron chi connectivity index (χ4n) is 1.91. The fraction of sp³-hybridized carbons (Fsp3) is 0.267. The average molecular weight is 555 g/mol. The summed E-state index contributed by atoms with van der Waals surface area (Å²) in [6, 6.07) is 7.94. The number of nitrogens with two attached hydrogens (primary N) is 1. The molecule has 0 aromatic carbocycles. The minimum Gasteiger partial charge on any atom is -0.370 e. The van der Waals surface area contributed by atoms with Crippen molar-refractivity contribution >= 4 is 5.91 Å². The second-order valence-corrected chi connectivity index (χ2v) is 6.86. The van der Waals surface area contributed by atoms with E-state index in [2.05, 4.69) is 9.97 Å². The standard InChI is InChI=1S/C15H17N3O.2ClHO4.Ru/c1-11-5-7-17-13(9-11)14-10-12(6-8-18-14)3-2-4-15(16)19;2*2-1(3,4)5;/h5-10H,2-4H2,1H3,(H2,16,19);2*(H,2,3,4,5);/q;;;+2/p-2. The molecule has 2 N–H and O–H groups in total. The van der Waals surface area contributed by atoms with Crippen LogP contribution in [0.15, 0.2) is 36.7 Å². The summed E-state index contributed by atoms with van der Waals surface area (Å²) >= 11 is 0. The summed E-state index contributed by atoms with van der Waals surface area (Å²) in [5, 5.41) is 0. The largest absolute Gasteiger partial charge is 2.00 e. The number of aromatic nitrogens is 2. The van der Waals surface area contributed by atoms with Gasteiger partial charge < -0.3 is 5.73 Å². The van der Waals surface area contributed by atoms with Crippen LogP contribution in [0.3, 0.4) is 0 Å². The topological polar surface area (TPSA) is 253 Å². The third kappa shape index (κ3) is 21.4. The predicted octanol–water partition coefficient (Wildman–Crippen LogP) is -7.25. The van der Waals surface area contributed by atoms with Crippen LogP contribution in [0.1, 0.15) is 24.0 Å². The molecule has 0 atom stereocenters. The van der Waals surface area contributed by atoms with E-state index in [9.17, 15) is 4.79 Å². The first-order chi connectivity index (χ1) is 13.1. The third-order valence-corrected chi connectivity index (χ3v) is 2.89. The van der Waals surface area contributed by atoms with Crippen molar-refractivity contribution in [3.8, 4) is 11.4 Å². The molecular formula is C15H17Cl2N3O9Ru. The number of hydrogen-bond acceptors (Lipinski definition) is 11. The van der Waals surface area contributed by atoms with Gasteiger partial charge in [0.15, 0.2) is 0 Å². The zero-order valence-electron chi connectivity index (χ0n) is 15.3. The van der Waals surface area contributed by atoms with E-state index in [-0.39, 0.29) is 25.4 Å². The number of nitrogens with zero attached hydrogens (tertiary/aromatic N) is 2. The van der Waals surface area contributed by atoms with E-state index in [1.54, 1.807) is 12.4 Å². The minimum atomic E-state index is -4.94. The summed E-state index contributed by atoms with van der Waals surface area (Å²) in [6.45, 7) is 2.03. The molecule has 30 heavy (non-hydrogen) atoms. The van der Waals surface area contributed by atoms with Gasteiger partial charge in [0.25, 0.3) is 0 Å². The van der Waals surface area contributed by atoms with E-state index in [1.165, 1.54) is 0 Å². The fourth-order valence-corrected chi connectivity index (χ4v) is 1.91. The molecule has 15 heteroatoms. The Morgan fingerprint density at radius 3 is 1.77 bits per heavy atom. The summed E-state index contributed by atoms with van der Waals surface area (Å²) in [4.78, 5) is 19.4.